The highest BCUT2D eigenvalue weighted by Gasteiger charge is 2.20. The van der Waals surface area contributed by atoms with Gasteiger partial charge in [-0.15, -0.1) is 0 Å². The number of anilines is 1. The first-order valence-corrected chi connectivity index (χ1v) is 7.72. The third-order valence-electron chi connectivity index (χ3n) is 3.89. The van der Waals surface area contributed by atoms with Crippen molar-refractivity contribution in [3.8, 4) is 6.07 Å². The lowest BCUT2D eigenvalue weighted by molar-refractivity contribution is 0.408. The van der Waals surface area contributed by atoms with Crippen molar-refractivity contribution in [3.05, 3.63) is 22.6 Å². The number of nitriles is 1. The molecule has 0 spiro atoms. The first-order chi connectivity index (χ1) is 10.00. The first kappa shape index (κ1) is 15.6. The highest BCUT2D eigenvalue weighted by molar-refractivity contribution is 5.38. The molecule has 0 saturated heterocycles. The van der Waals surface area contributed by atoms with Gasteiger partial charge in [-0.05, 0) is 45.4 Å². The molecule has 0 aliphatic heterocycles. The second-order valence-corrected chi connectivity index (χ2v) is 6.58. The Labute approximate surface area is 126 Å². The van der Waals surface area contributed by atoms with E-state index >= 15 is 0 Å². The van der Waals surface area contributed by atoms with Crippen molar-refractivity contribution in [2.45, 2.75) is 52.5 Å². The summed E-state index contributed by atoms with van der Waals surface area (Å²) in [7, 11) is 0. The van der Waals surface area contributed by atoms with Crippen LogP contribution in [0.4, 0.5) is 5.69 Å². The van der Waals surface area contributed by atoms with Crippen LogP contribution in [0, 0.1) is 22.7 Å². The van der Waals surface area contributed by atoms with Crippen molar-refractivity contribution in [2.75, 3.05) is 11.9 Å². The molecule has 0 unspecified atom stereocenters. The number of nitrogens with zero attached hydrogens (tertiary/aromatic N) is 3. The zero-order chi connectivity index (χ0) is 15.3. The molecule has 2 rings (SSSR count). The van der Waals surface area contributed by atoms with Crippen LogP contribution in [0.5, 0.6) is 0 Å². The number of aryl methyl sites for hydroxylation is 1. The second-order valence-electron chi connectivity index (χ2n) is 6.58. The average molecular weight is 288 g/mol. The summed E-state index contributed by atoms with van der Waals surface area (Å²) in [5, 5.41) is 16.4. The fraction of sp³-hybridized carbons (Fsp3) is 0.688. The Hall–Kier alpha value is -1.83. The maximum Gasteiger partial charge on any atom is 0.268 e. The Bertz CT molecular complexity index is 566. The third-order valence-corrected chi connectivity index (χ3v) is 3.89. The summed E-state index contributed by atoms with van der Waals surface area (Å²) in [6, 6.07) is 3.91. The van der Waals surface area contributed by atoms with E-state index in [1.807, 2.05) is 13.8 Å². The lowest BCUT2D eigenvalue weighted by atomic mass is 9.89. The van der Waals surface area contributed by atoms with Crippen LogP contribution < -0.4 is 10.9 Å². The molecular formula is C16H24N4O. The molecule has 0 radical (unpaired) electrons. The van der Waals surface area contributed by atoms with Crippen LogP contribution in [0.3, 0.4) is 0 Å². The van der Waals surface area contributed by atoms with E-state index in [0.29, 0.717) is 6.54 Å². The van der Waals surface area contributed by atoms with Crippen molar-refractivity contribution >= 4 is 5.69 Å². The fourth-order valence-corrected chi connectivity index (χ4v) is 2.17. The molecule has 1 aliphatic carbocycles. The molecule has 0 amide bonds. The van der Waals surface area contributed by atoms with E-state index in [9.17, 15) is 4.79 Å². The standard InChI is InChI=1S/C16H24N4O/c1-16(2,12-17)7-3-4-8-20-15(21)9-14(11-19-20)18-10-13-5-6-13/h9,11,13,18H,3-8,10H2,1-2H3. The summed E-state index contributed by atoms with van der Waals surface area (Å²) in [6.45, 7) is 5.44. The van der Waals surface area contributed by atoms with Gasteiger partial charge in [0.2, 0.25) is 0 Å². The maximum absolute atomic E-state index is 12.0. The van der Waals surface area contributed by atoms with Gasteiger partial charge in [0.05, 0.1) is 23.4 Å². The van der Waals surface area contributed by atoms with Gasteiger partial charge >= 0.3 is 0 Å². The van der Waals surface area contributed by atoms with Crippen LogP contribution in [0.15, 0.2) is 17.1 Å². The summed E-state index contributed by atoms with van der Waals surface area (Å²) in [5.41, 5.74) is 0.471. The minimum absolute atomic E-state index is 0.0599. The van der Waals surface area contributed by atoms with Crippen LogP contribution >= 0.6 is 0 Å². The summed E-state index contributed by atoms with van der Waals surface area (Å²) >= 11 is 0. The minimum Gasteiger partial charge on any atom is -0.383 e. The Balaban J connectivity index is 1.78. The van der Waals surface area contributed by atoms with Crippen molar-refractivity contribution < 1.29 is 0 Å². The van der Waals surface area contributed by atoms with Gasteiger partial charge in [-0.2, -0.15) is 10.4 Å². The highest BCUT2D eigenvalue weighted by Crippen LogP contribution is 2.28. The van der Waals surface area contributed by atoms with Crippen LogP contribution in [0.2, 0.25) is 0 Å². The van der Waals surface area contributed by atoms with Gasteiger partial charge in [-0.3, -0.25) is 4.79 Å². The van der Waals surface area contributed by atoms with E-state index in [2.05, 4.69) is 16.5 Å². The molecule has 1 aromatic rings. The molecule has 0 atom stereocenters. The van der Waals surface area contributed by atoms with Crippen molar-refractivity contribution in [2.24, 2.45) is 11.3 Å². The fourth-order valence-electron chi connectivity index (χ4n) is 2.17. The van der Waals surface area contributed by atoms with Gasteiger partial charge < -0.3 is 5.32 Å². The molecule has 0 bridgehead atoms. The lowest BCUT2D eigenvalue weighted by Gasteiger charge is -2.14. The molecule has 5 nitrogen and oxygen atoms in total. The van der Waals surface area contributed by atoms with Crippen LogP contribution in [0.25, 0.3) is 0 Å². The summed E-state index contributed by atoms with van der Waals surface area (Å²) < 4.78 is 1.50. The number of hydrogen-bond acceptors (Lipinski definition) is 4. The van der Waals surface area contributed by atoms with Gasteiger partial charge in [0.25, 0.3) is 5.56 Å². The molecule has 1 heterocycles. The SMILES string of the molecule is CC(C)(C#N)CCCCn1ncc(NCC2CC2)cc1=O. The zero-order valence-electron chi connectivity index (χ0n) is 12.9. The Morgan fingerprint density at radius 2 is 2.24 bits per heavy atom. The highest BCUT2D eigenvalue weighted by atomic mass is 16.1. The molecule has 114 valence electrons. The Morgan fingerprint density at radius 1 is 1.48 bits per heavy atom. The minimum atomic E-state index is -0.283. The van der Waals surface area contributed by atoms with Crippen molar-refractivity contribution in [1.29, 1.82) is 5.26 Å². The van der Waals surface area contributed by atoms with Crippen molar-refractivity contribution in [1.82, 2.24) is 9.78 Å². The van der Waals surface area contributed by atoms with Gasteiger partial charge in [0, 0.05) is 19.2 Å². The number of hydrogen-bond donors (Lipinski definition) is 1. The molecule has 5 heteroatoms. The average Bonchev–Trinajstić information content (AvgIpc) is 3.27. The largest absolute Gasteiger partial charge is 0.383 e. The molecule has 1 fully saturated rings. The molecule has 1 aromatic heterocycles. The topological polar surface area (TPSA) is 70.7 Å². The molecule has 21 heavy (non-hydrogen) atoms. The van der Waals surface area contributed by atoms with E-state index in [1.165, 1.54) is 17.5 Å². The van der Waals surface area contributed by atoms with E-state index in [4.69, 9.17) is 5.26 Å². The van der Waals surface area contributed by atoms with Gasteiger partial charge in [0.1, 0.15) is 0 Å². The third kappa shape index (κ3) is 5.22. The summed E-state index contributed by atoms with van der Waals surface area (Å²) in [6.07, 6.45) is 6.94. The van der Waals surface area contributed by atoms with E-state index in [1.54, 1.807) is 12.3 Å². The number of aromatic nitrogens is 2. The second kappa shape index (κ2) is 6.75. The smallest absolute Gasteiger partial charge is 0.268 e. The molecule has 0 aromatic carbocycles. The first-order valence-electron chi connectivity index (χ1n) is 7.72. The number of nitrogens with one attached hydrogen (secondary N) is 1. The molecule has 1 saturated carbocycles. The van der Waals surface area contributed by atoms with E-state index < -0.39 is 0 Å². The van der Waals surface area contributed by atoms with E-state index in [-0.39, 0.29) is 11.0 Å². The molecule has 1 aliphatic rings. The van der Waals surface area contributed by atoms with Crippen LogP contribution in [-0.4, -0.2) is 16.3 Å². The van der Waals surface area contributed by atoms with Crippen LogP contribution in [0.1, 0.15) is 46.0 Å². The number of rotatable bonds is 8. The van der Waals surface area contributed by atoms with Gasteiger partial charge in [-0.1, -0.05) is 6.42 Å². The summed E-state index contributed by atoms with van der Waals surface area (Å²) in [5.74, 6) is 0.774. The Kier molecular flexibility index (Phi) is 5.00. The Morgan fingerprint density at radius 3 is 2.86 bits per heavy atom. The molecule has 1 N–H and O–H groups in total. The van der Waals surface area contributed by atoms with E-state index in [0.717, 1.165) is 37.4 Å². The quantitative estimate of drug-likeness (QED) is 0.747. The van der Waals surface area contributed by atoms with Crippen LogP contribution in [-0.2, 0) is 6.54 Å². The monoisotopic (exact) mass is 288 g/mol. The maximum atomic E-state index is 12.0. The zero-order valence-corrected chi connectivity index (χ0v) is 12.9. The van der Waals surface area contributed by atoms with Gasteiger partial charge in [0.15, 0.2) is 0 Å². The predicted molar refractivity (Wildman–Crippen MR) is 83.0 cm³/mol. The normalized spacial score (nSPS) is 14.7. The predicted octanol–water partition coefficient (Wildman–Crippen LogP) is 2.79. The van der Waals surface area contributed by atoms with Crippen molar-refractivity contribution in [3.63, 3.8) is 0 Å². The lowest BCUT2D eigenvalue weighted by Crippen LogP contribution is -2.23. The molecular weight excluding hydrogens is 264 g/mol. The summed E-state index contributed by atoms with van der Waals surface area (Å²) in [4.78, 5) is 12.0. The van der Waals surface area contributed by atoms with Gasteiger partial charge in [-0.25, -0.2) is 4.68 Å². The number of unbranched alkanes of at least 4 members (excludes halogenated alkanes) is 1.